The van der Waals surface area contributed by atoms with Crippen LogP contribution in [0.5, 0.6) is 0 Å². The third kappa shape index (κ3) is 15.1. The molecule has 0 heterocycles. The van der Waals surface area contributed by atoms with E-state index in [2.05, 4.69) is 38.1 Å². The molecule has 0 saturated heterocycles. The van der Waals surface area contributed by atoms with Crippen LogP contribution in [0.4, 0.5) is 0 Å². The van der Waals surface area contributed by atoms with Gasteiger partial charge in [-0.25, -0.2) is 24.3 Å². The molecule has 0 amide bonds. The smallest absolute Gasteiger partial charge is 0.214 e. The van der Waals surface area contributed by atoms with E-state index in [-0.39, 0.29) is 21.7 Å². The minimum absolute atomic E-state index is 0. The van der Waals surface area contributed by atoms with Gasteiger partial charge in [0.2, 0.25) is 0 Å². The molecule has 4 aromatic rings. The molecule has 0 spiro atoms. The maximum Gasteiger partial charge on any atom is 4.00 e. The summed E-state index contributed by atoms with van der Waals surface area (Å²) in [7, 11) is 0. The van der Waals surface area contributed by atoms with Crippen molar-refractivity contribution in [3.63, 3.8) is 0 Å². The summed E-state index contributed by atoms with van der Waals surface area (Å²) in [5, 5.41) is 0. The zero-order valence-electron chi connectivity index (χ0n) is 14.9. The molecule has 25 heavy (non-hydrogen) atoms. The Morgan fingerprint density at radius 1 is 0.600 bits per heavy atom. The Morgan fingerprint density at radius 2 is 0.960 bits per heavy atom. The fourth-order valence-corrected chi connectivity index (χ4v) is 1.61. The van der Waals surface area contributed by atoms with Gasteiger partial charge in [-0.3, -0.25) is 0 Å². The molecule has 0 atom stereocenters. The summed E-state index contributed by atoms with van der Waals surface area (Å²) >= 11 is 0. The average Bonchev–Trinajstić information content (AvgIpc) is 3.36. The fraction of sp³-hybridized carbons (Fsp3) is 0.0833. The monoisotopic (exact) mass is 360 g/mol. The Morgan fingerprint density at radius 3 is 1.08 bits per heavy atom. The first-order chi connectivity index (χ1) is 11.8. The molecule has 0 bridgehead atoms. The predicted octanol–water partition coefficient (Wildman–Crippen LogP) is 6.40. The van der Waals surface area contributed by atoms with Crippen molar-refractivity contribution in [1.29, 1.82) is 0 Å². The van der Waals surface area contributed by atoms with Crippen LogP contribution < -0.4 is 0 Å². The molecule has 0 unspecified atom stereocenters. The maximum atomic E-state index is 2.96. The van der Waals surface area contributed by atoms with Gasteiger partial charge in [-0.1, -0.05) is 13.8 Å². The molecular weight excluding hydrogens is 336 g/mol. The normalized spacial score (nSPS) is 8.08. The number of hydrogen-bond acceptors (Lipinski definition) is 0. The Labute approximate surface area is 167 Å². The average molecular weight is 360 g/mol. The molecule has 124 valence electrons. The van der Waals surface area contributed by atoms with E-state index in [9.17, 15) is 0 Å². The van der Waals surface area contributed by atoms with Crippen LogP contribution in [0, 0.1) is 26.0 Å². The summed E-state index contributed by atoms with van der Waals surface area (Å²) < 4.78 is 0. The van der Waals surface area contributed by atoms with E-state index in [0.717, 1.165) is 0 Å². The van der Waals surface area contributed by atoms with Gasteiger partial charge in [0.05, 0.1) is 0 Å². The van der Waals surface area contributed by atoms with Crippen LogP contribution in [0.25, 0.3) is 0 Å². The second-order valence-corrected chi connectivity index (χ2v) is 5.09. The molecule has 1 heteroatoms. The SMILES string of the molecule is Cc1c[c-]ccc1.Cc1c[c-]ccc1.[Ti+4].c1cc[cH-]c1.c1cc[cH-]c1. The molecule has 0 aromatic heterocycles. The summed E-state index contributed by atoms with van der Waals surface area (Å²) in [6.45, 7) is 4.10. The van der Waals surface area contributed by atoms with Gasteiger partial charge in [-0.05, 0) is 0 Å². The minimum Gasteiger partial charge on any atom is -0.214 e. The second-order valence-electron chi connectivity index (χ2n) is 5.09. The summed E-state index contributed by atoms with van der Waals surface area (Å²) in [5.74, 6) is 0. The number of benzene rings is 2. The summed E-state index contributed by atoms with van der Waals surface area (Å²) in [5.41, 5.74) is 2.53. The van der Waals surface area contributed by atoms with Crippen molar-refractivity contribution in [1.82, 2.24) is 0 Å². The third-order valence-corrected chi connectivity index (χ3v) is 2.84. The summed E-state index contributed by atoms with van der Waals surface area (Å²) in [6, 6.07) is 41.7. The Bertz CT molecular complexity index is 567. The van der Waals surface area contributed by atoms with Crippen molar-refractivity contribution < 1.29 is 21.7 Å². The number of aryl methyl sites for hydroxylation is 2. The first-order valence-corrected chi connectivity index (χ1v) is 7.98. The maximum absolute atomic E-state index is 2.96. The molecule has 0 aliphatic heterocycles. The van der Waals surface area contributed by atoms with Crippen LogP contribution in [-0.4, -0.2) is 0 Å². The van der Waals surface area contributed by atoms with Crippen molar-refractivity contribution in [2.75, 3.05) is 0 Å². The first kappa shape index (κ1) is 22.9. The van der Waals surface area contributed by atoms with E-state index in [1.165, 1.54) is 11.1 Å². The first-order valence-electron chi connectivity index (χ1n) is 7.98. The van der Waals surface area contributed by atoms with E-state index < -0.39 is 0 Å². The molecular formula is C24H24Ti. The van der Waals surface area contributed by atoms with Gasteiger partial charge >= 0.3 is 21.7 Å². The quantitative estimate of drug-likeness (QED) is 0.251. The van der Waals surface area contributed by atoms with E-state index in [1.807, 2.05) is 97.1 Å². The Balaban J connectivity index is 0.000000307. The van der Waals surface area contributed by atoms with E-state index in [4.69, 9.17) is 0 Å². The van der Waals surface area contributed by atoms with Gasteiger partial charge in [0.1, 0.15) is 0 Å². The third-order valence-electron chi connectivity index (χ3n) is 2.84. The Hall–Kier alpha value is -2.15. The fourth-order valence-electron chi connectivity index (χ4n) is 1.61. The number of hydrogen-bond donors (Lipinski definition) is 0. The number of rotatable bonds is 0. The van der Waals surface area contributed by atoms with Crippen molar-refractivity contribution in [2.45, 2.75) is 13.8 Å². The molecule has 0 aliphatic carbocycles. The second kappa shape index (κ2) is 16.7. The van der Waals surface area contributed by atoms with E-state index in [1.54, 1.807) is 0 Å². The zero-order chi connectivity index (χ0) is 17.3. The van der Waals surface area contributed by atoms with Gasteiger partial charge < -0.3 is 0 Å². The largest absolute Gasteiger partial charge is 4.00 e. The molecule has 4 rings (SSSR count). The van der Waals surface area contributed by atoms with Crippen LogP contribution in [0.15, 0.2) is 109 Å². The Kier molecular flexibility index (Phi) is 15.3. The van der Waals surface area contributed by atoms with Gasteiger partial charge in [0.25, 0.3) is 0 Å². The zero-order valence-corrected chi connectivity index (χ0v) is 16.5. The van der Waals surface area contributed by atoms with Crippen LogP contribution in [-0.2, 0) is 21.7 Å². The van der Waals surface area contributed by atoms with Crippen molar-refractivity contribution in [3.05, 3.63) is 132 Å². The van der Waals surface area contributed by atoms with Gasteiger partial charge in [0.15, 0.2) is 0 Å². The molecule has 0 saturated carbocycles. The molecule has 0 radical (unpaired) electrons. The van der Waals surface area contributed by atoms with Crippen LogP contribution in [0.2, 0.25) is 0 Å². The minimum atomic E-state index is 0. The van der Waals surface area contributed by atoms with Crippen LogP contribution >= 0.6 is 0 Å². The molecule has 0 aliphatic rings. The van der Waals surface area contributed by atoms with Crippen LogP contribution in [0.3, 0.4) is 0 Å². The van der Waals surface area contributed by atoms with Crippen molar-refractivity contribution >= 4 is 0 Å². The standard InChI is InChI=1S/2C7H7.2C5H5.Ti/c2*1-7-5-3-2-4-6-7;2*1-2-4-5-3-1;/h2*2-3,5-6H,1H3;2*1-5H;/q4*-1;+4. The summed E-state index contributed by atoms with van der Waals surface area (Å²) in [6.07, 6.45) is 0. The molecule has 0 fully saturated rings. The van der Waals surface area contributed by atoms with Gasteiger partial charge in [0, 0.05) is 0 Å². The molecule has 4 aromatic carbocycles. The summed E-state index contributed by atoms with van der Waals surface area (Å²) in [4.78, 5) is 0. The topological polar surface area (TPSA) is 0 Å². The molecule has 0 N–H and O–H groups in total. The van der Waals surface area contributed by atoms with Crippen molar-refractivity contribution in [3.8, 4) is 0 Å². The van der Waals surface area contributed by atoms with Crippen molar-refractivity contribution in [2.24, 2.45) is 0 Å². The van der Waals surface area contributed by atoms with E-state index in [0.29, 0.717) is 0 Å². The predicted molar refractivity (Wildman–Crippen MR) is 104 cm³/mol. The van der Waals surface area contributed by atoms with Gasteiger partial charge in [-0.2, -0.15) is 108 Å². The van der Waals surface area contributed by atoms with Crippen LogP contribution in [0.1, 0.15) is 11.1 Å². The molecule has 0 nitrogen and oxygen atoms in total. The van der Waals surface area contributed by atoms with E-state index >= 15 is 0 Å². The van der Waals surface area contributed by atoms with Gasteiger partial charge in [-0.15, -0.1) is 0 Å².